The van der Waals surface area contributed by atoms with E-state index in [1.54, 1.807) is 18.2 Å². The van der Waals surface area contributed by atoms with Crippen LogP contribution in [0.1, 0.15) is 42.4 Å². The predicted octanol–water partition coefficient (Wildman–Crippen LogP) is 4.46. The Bertz CT molecular complexity index is 835. The van der Waals surface area contributed by atoms with Crippen LogP contribution in [0.5, 0.6) is 0 Å². The lowest BCUT2D eigenvalue weighted by molar-refractivity contribution is 0.347. The average Bonchev–Trinajstić information content (AvgIpc) is 2.64. The third-order valence-corrected chi connectivity index (χ3v) is 7.25. The molecule has 4 heteroatoms. The van der Waals surface area contributed by atoms with Gasteiger partial charge in [0.15, 0.2) is 0 Å². The standard InChI is InChI=1S/C22H29NO2S/c1-17-6-9-21(10-7-17)26(24,25)22-11-8-18(2)20(16-22)5-3-4-19-12-14-23-15-13-19/h6-11,16,19,23H,3-5,12-15H2,1-2H3. The molecular formula is C22H29NO2S. The van der Waals surface area contributed by atoms with Crippen LogP contribution in [0.4, 0.5) is 0 Å². The molecule has 0 aliphatic carbocycles. The fourth-order valence-electron chi connectivity index (χ4n) is 3.69. The lowest BCUT2D eigenvalue weighted by atomic mass is 9.91. The molecule has 140 valence electrons. The van der Waals surface area contributed by atoms with Crippen LogP contribution in [-0.2, 0) is 16.3 Å². The molecule has 0 spiro atoms. The van der Waals surface area contributed by atoms with Gasteiger partial charge in [0.25, 0.3) is 0 Å². The largest absolute Gasteiger partial charge is 0.317 e. The highest BCUT2D eigenvalue weighted by molar-refractivity contribution is 7.91. The van der Waals surface area contributed by atoms with Gasteiger partial charge in [-0.15, -0.1) is 0 Å². The second kappa shape index (κ2) is 8.36. The van der Waals surface area contributed by atoms with E-state index in [2.05, 4.69) is 12.2 Å². The van der Waals surface area contributed by atoms with Crippen LogP contribution < -0.4 is 5.32 Å². The maximum atomic E-state index is 12.9. The molecule has 2 aromatic rings. The molecule has 2 aromatic carbocycles. The van der Waals surface area contributed by atoms with Gasteiger partial charge in [-0.2, -0.15) is 0 Å². The van der Waals surface area contributed by atoms with E-state index < -0.39 is 9.84 Å². The number of benzene rings is 2. The molecule has 1 fully saturated rings. The lowest BCUT2D eigenvalue weighted by Crippen LogP contribution is -2.27. The first-order valence-corrected chi connectivity index (χ1v) is 11.1. The second-order valence-electron chi connectivity index (χ2n) is 7.49. The molecule has 0 radical (unpaired) electrons. The van der Waals surface area contributed by atoms with Crippen LogP contribution in [0, 0.1) is 19.8 Å². The van der Waals surface area contributed by atoms with Crippen LogP contribution in [0.3, 0.4) is 0 Å². The Hall–Kier alpha value is -1.65. The summed E-state index contributed by atoms with van der Waals surface area (Å²) in [5.74, 6) is 0.816. The molecule has 0 aromatic heterocycles. The molecule has 0 unspecified atom stereocenters. The minimum Gasteiger partial charge on any atom is -0.317 e. The number of aryl methyl sites for hydroxylation is 3. The molecule has 0 amide bonds. The highest BCUT2D eigenvalue weighted by Crippen LogP contribution is 2.25. The summed E-state index contributed by atoms with van der Waals surface area (Å²) in [6, 6.07) is 12.7. The Morgan fingerprint density at radius 2 is 1.62 bits per heavy atom. The van der Waals surface area contributed by atoms with Crippen molar-refractivity contribution < 1.29 is 8.42 Å². The third-order valence-electron chi connectivity index (χ3n) is 5.48. The second-order valence-corrected chi connectivity index (χ2v) is 9.44. The van der Waals surface area contributed by atoms with E-state index in [0.717, 1.165) is 43.0 Å². The zero-order valence-corrected chi connectivity index (χ0v) is 16.6. The van der Waals surface area contributed by atoms with Gasteiger partial charge in [0, 0.05) is 0 Å². The van der Waals surface area contributed by atoms with Crippen molar-refractivity contribution in [3.8, 4) is 0 Å². The van der Waals surface area contributed by atoms with Crippen molar-refractivity contribution in [2.45, 2.75) is 55.7 Å². The van der Waals surface area contributed by atoms with Crippen molar-refractivity contribution in [3.63, 3.8) is 0 Å². The number of hydrogen-bond donors (Lipinski definition) is 1. The molecule has 1 saturated heterocycles. The van der Waals surface area contributed by atoms with E-state index in [9.17, 15) is 8.42 Å². The molecule has 1 aliphatic heterocycles. The fraction of sp³-hybridized carbons (Fsp3) is 0.455. The summed E-state index contributed by atoms with van der Waals surface area (Å²) in [6.07, 6.45) is 5.84. The Labute approximate surface area is 157 Å². The summed E-state index contributed by atoms with van der Waals surface area (Å²) >= 11 is 0. The highest BCUT2D eigenvalue weighted by Gasteiger charge is 2.19. The monoisotopic (exact) mass is 371 g/mol. The van der Waals surface area contributed by atoms with Gasteiger partial charge in [-0.25, -0.2) is 8.42 Å². The van der Waals surface area contributed by atoms with E-state index in [4.69, 9.17) is 0 Å². The zero-order valence-electron chi connectivity index (χ0n) is 15.8. The number of sulfone groups is 1. The summed E-state index contributed by atoms with van der Waals surface area (Å²) in [4.78, 5) is 0.774. The van der Waals surface area contributed by atoms with Crippen LogP contribution in [0.15, 0.2) is 52.3 Å². The third kappa shape index (κ3) is 4.54. The van der Waals surface area contributed by atoms with Gasteiger partial charge in [0.2, 0.25) is 9.84 Å². The number of nitrogens with one attached hydrogen (secondary N) is 1. The molecular weight excluding hydrogens is 342 g/mol. The Morgan fingerprint density at radius 1 is 0.962 bits per heavy atom. The summed E-state index contributed by atoms with van der Waals surface area (Å²) in [5.41, 5.74) is 3.40. The van der Waals surface area contributed by atoms with Crippen LogP contribution >= 0.6 is 0 Å². The topological polar surface area (TPSA) is 46.2 Å². The van der Waals surface area contributed by atoms with E-state index in [1.165, 1.54) is 24.8 Å². The molecule has 3 nitrogen and oxygen atoms in total. The van der Waals surface area contributed by atoms with Crippen LogP contribution in [-0.4, -0.2) is 21.5 Å². The zero-order chi connectivity index (χ0) is 18.6. The summed E-state index contributed by atoms with van der Waals surface area (Å²) < 4.78 is 25.8. The molecule has 1 N–H and O–H groups in total. The summed E-state index contributed by atoms with van der Waals surface area (Å²) in [6.45, 7) is 6.30. The van der Waals surface area contributed by atoms with Gasteiger partial charge in [-0.3, -0.25) is 0 Å². The number of piperidine rings is 1. The summed E-state index contributed by atoms with van der Waals surface area (Å²) in [7, 11) is -3.45. The highest BCUT2D eigenvalue weighted by atomic mass is 32.2. The van der Waals surface area contributed by atoms with Gasteiger partial charge in [-0.1, -0.05) is 30.2 Å². The van der Waals surface area contributed by atoms with Crippen molar-refractivity contribution >= 4 is 9.84 Å². The first-order valence-electron chi connectivity index (χ1n) is 9.59. The number of hydrogen-bond acceptors (Lipinski definition) is 3. The van der Waals surface area contributed by atoms with E-state index in [1.807, 2.05) is 31.2 Å². The Kier molecular flexibility index (Phi) is 6.15. The van der Waals surface area contributed by atoms with Gasteiger partial charge < -0.3 is 5.32 Å². The van der Waals surface area contributed by atoms with E-state index >= 15 is 0 Å². The lowest BCUT2D eigenvalue weighted by Gasteiger charge is -2.22. The quantitative estimate of drug-likeness (QED) is 0.815. The SMILES string of the molecule is Cc1ccc(S(=O)(=O)c2ccc(C)c(CCCC3CCNCC3)c2)cc1. The first kappa shape index (κ1) is 19.1. The molecule has 1 heterocycles. The van der Waals surface area contributed by atoms with Gasteiger partial charge in [-0.05, 0) is 93.9 Å². The fourth-order valence-corrected chi connectivity index (χ4v) is 5.00. The molecule has 26 heavy (non-hydrogen) atoms. The Balaban J connectivity index is 1.73. The van der Waals surface area contributed by atoms with Gasteiger partial charge in [0.05, 0.1) is 9.79 Å². The minimum atomic E-state index is -3.45. The van der Waals surface area contributed by atoms with Crippen molar-refractivity contribution in [2.24, 2.45) is 5.92 Å². The van der Waals surface area contributed by atoms with Crippen LogP contribution in [0.25, 0.3) is 0 Å². The average molecular weight is 372 g/mol. The number of rotatable bonds is 6. The normalized spacial score (nSPS) is 15.9. The molecule has 3 rings (SSSR count). The van der Waals surface area contributed by atoms with Gasteiger partial charge in [0.1, 0.15) is 0 Å². The van der Waals surface area contributed by atoms with Crippen molar-refractivity contribution in [2.75, 3.05) is 13.1 Å². The van der Waals surface area contributed by atoms with E-state index in [0.29, 0.717) is 9.79 Å². The summed E-state index contributed by atoms with van der Waals surface area (Å²) in [5, 5.41) is 3.41. The maximum Gasteiger partial charge on any atom is 0.206 e. The van der Waals surface area contributed by atoms with Crippen LogP contribution in [0.2, 0.25) is 0 Å². The van der Waals surface area contributed by atoms with Crippen molar-refractivity contribution in [1.82, 2.24) is 5.32 Å². The van der Waals surface area contributed by atoms with Gasteiger partial charge >= 0.3 is 0 Å². The van der Waals surface area contributed by atoms with E-state index in [-0.39, 0.29) is 0 Å². The van der Waals surface area contributed by atoms with Crippen molar-refractivity contribution in [3.05, 3.63) is 59.2 Å². The molecule has 0 saturated carbocycles. The minimum absolute atomic E-state index is 0.368. The maximum absolute atomic E-state index is 12.9. The van der Waals surface area contributed by atoms with Crippen molar-refractivity contribution in [1.29, 1.82) is 0 Å². The smallest absolute Gasteiger partial charge is 0.206 e. The Morgan fingerprint density at radius 3 is 2.31 bits per heavy atom. The predicted molar refractivity (Wildman–Crippen MR) is 106 cm³/mol. The molecule has 0 atom stereocenters. The first-order chi connectivity index (χ1) is 12.5. The molecule has 0 bridgehead atoms. The molecule has 1 aliphatic rings.